The van der Waals surface area contributed by atoms with Crippen molar-refractivity contribution in [2.75, 3.05) is 7.11 Å². The summed E-state index contributed by atoms with van der Waals surface area (Å²) in [4.78, 5) is 27.0. The van der Waals surface area contributed by atoms with Crippen LogP contribution in [0.3, 0.4) is 0 Å². The molecule has 0 bridgehead atoms. The second-order valence-corrected chi connectivity index (χ2v) is 8.55. The number of esters is 1. The number of benzene rings is 3. The lowest BCUT2D eigenvalue weighted by Gasteiger charge is -2.14. The summed E-state index contributed by atoms with van der Waals surface area (Å²) in [5, 5.41) is 10.8. The first kappa shape index (κ1) is 23.4. The highest BCUT2D eigenvalue weighted by Crippen LogP contribution is 2.35. The lowest BCUT2D eigenvalue weighted by atomic mass is 10.1. The largest absolute Gasteiger partial charge is 0.493 e. The molecule has 0 saturated heterocycles. The van der Waals surface area contributed by atoms with Crippen LogP contribution in [0.1, 0.15) is 22.3 Å². The number of halogens is 1. The van der Waals surface area contributed by atoms with Gasteiger partial charge in [-0.25, -0.2) is 9.79 Å². The van der Waals surface area contributed by atoms with E-state index in [2.05, 4.69) is 27.6 Å². The van der Waals surface area contributed by atoms with Gasteiger partial charge in [0.15, 0.2) is 17.2 Å². The van der Waals surface area contributed by atoms with Crippen LogP contribution in [0.2, 0.25) is 0 Å². The van der Waals surface area contributed by atoms with Crippen LogP contribution >= 0.6 is 22.6 Å². The van der Waals surface area contributed by atoms with Crippen molar-refractivity contribution >= 4 is 46.2 Å². The third-order valence-electron chi connectivity index (χ3n) is 5.13. The minimum atomic E-state index is -0.609. The minimum absolute atomic E-state index is 0.0594. The summed E-state index contributed by atoms with van der Waals surface area (Å²) in [5.74, 6) is 0.615. The van der Waals surface area contributed by atoms with Gasteiger partial charge in [-0.2, -0.15) is 0 Å². The number of ether oxygens (including phenoxy) is 3. The van der Waals surface area contributed by atoms with Gasteiger partial charge in [0.25, 0.3) is 5.69 Å². The summed E-state index contributed by atoms with van der Waals surface area (Å²) in [6.07, 6.45) is 1.59. The van der Waals surface area contributed by atoms with Crippen molar-refractivity contribution in [1.82, 2.24) is 0 Å². The molecule has 9 heteroatoms. The van der Waals surface area contributed by atoms with Crippen LogP contribution in [0.25, 0.3) is 6.08 Å². The zero-order valence-electron chi connectivity index (χ0n) is 18.3. The minimum Gasteiger partial charge on any atom is -0.493 e. The Morgan fingerprint density at radius 3 is 2.56 bits per heavy atom. The van der Waals surface area contributed by atoms with Gasteiger partial charge in [0.1, 0.15) is 6.61 Å². The van der Waals surface area contributed by atoms with Crippen LogP contribution in [0.4, 0.5) is 5.69 Å². The van der Waals surface area contributed by atoms with Gasteiger partial charge in [-0.05, 0) is 76.5 Å². The van der Waals surface area contributed by atoms with Crippen molar-refractivity contribution in [2.24, 2.45) is 4.99 Å². The summed E-state index contributed by atoms with van der Waals surface area (Å²) in [5.41, 5.74) is 3.42. The number of aryl methyl sites for hydroxylation is 1. The van der Waals surface area contributed by atoms with Crippen LogP contribution in [0.15, 0.2) is 71.4 Å². The molecule has 3 aromatic carbocycles. The molecule has 0 amide bonds. The molecule has 8 nitrogen and oxygen atoms in total. The van der Waals surface area contributed by atoms with Gasteiger partial charge in [0.2, 0.25) is 5.90 Å². The Morgan fingerprint density at radius 1 is 1.15 bits per heavy atom. The monoisotopic (exact) mass is 570 g/mol. The molecule has 0 N–H and O–H groups in total. The molecule has 0 atom stereocenters. The predicted octanol–water partition coefficient (Wildman–Crippen LogP) is 5.44. The second kappa shape index (κ2) is 10.0. The van der Waals surface area contributed by atoms with Gasteiger partial charge in [-0.3, -0.25) is 10.1 Å². The highest BCUT2D eigenvalue weighted by molar-refractivity contribution is 14.1. The molecule has 0 spiro atoms. The molecule has 172 valence electrons. The first-order valence-corrected chi connectivity index (χ1v) is 11.3. The van der Waals surface area contributed by atoms with E-state index in [9.17, 15) is 14.9 Å². The number of rotatable bonds is 7. The summed E-state index contributed by atoms with van der Waals surface area (Å²) in [7, 11) is 1.55. The maximum Gasteiger partial charge on any atom is 0.363 e. The summed E-state index contributed by atoms with van der Waals surface area (Å²) in [6.45, 7) is 2.43. The van der Waals surface area contributed by atoms with E-state index in [1.54, 1.807) is 19.3 Å². The van der Waals surface area contributed by atoms with E-state index in [0.717, 1.165) is 14.7 Å². The van der Waals surface area contributed by atoms with E-state index in [-0.39, 0.29) is 17.3 Å². The summed E-state index contributed by atoms with van der Waals surface area (Å²) in [6, 6.07) is 17.2. The van der Waals surface area contributed by atoms with Crippen molar-refractivity contribution in [1.29, 1.82) is 0 Å². The highest BCUT2D eigenvalue weighted by atomic mass is 127. The Hall–Kier alpha value is -3.73. The fourth-order valence-electron chi connectivity index (χ4n) is 3.30. The first-order chi connectivity index (χ1) is 16.4. The van der Waals surface area contributed by atoms with Gasteiger partial charge in [0, 0.05) is 17.7 Å². The van der Waals surface area contributed by atoms with E-state index in [4.69, 9.17) is 14.2 Å². The Morgan fingerprint density at radius 2 is 1.88 bits per heavy atom. The van der Waals surface area contributed by atoms with E-state index in [1.807, 2.05) is 37.3 Å². The van der Waals surface area contributed by atoms with Crippen molar-refractivity contribution in [2.45, 2.75) is 13.5 Å². The SMILES string of the molecule is COc1cc(/C=C2\N=C(c3ccc([N+](=O)[O-])cc3)OC2=O)cc(I)c1OCc1ccccc1C. The zero-order valence-corrected chi connectivity index (χ0v) is 20.4. The summed E-state index contributed by atoms with van der Waals surface area (Å²) >= 11 is 2.16. The number of hydrogen-bond acceptors (Lipinski definition) is 7. The Kier molecular flexibility index (Phi) is 6.92. The number of cyclic esters (lactones) is 1. The topological polar surface area (TPSA) is 100 Å². The number of nitrogens with zero attached hydrogens (tertiary/aromatic N) is 2. The third-order valence-corrected chi connectivity index (χ3v) is 5.94. The van der Waals surface area contributed by atoms with Crippen molar-refractivity contribution in [3.05, 3.63) is 102 Å². The quantitative estimate of drug-likeness (QED) is 0.123. The maximum atomic E-state index is 12.4. The van der Waals surface area contributed by atoms with Crippen LogP contribution in [-0.4, -0.2) is 23.9 Å². The molecule has 34 heavy (non-hydrogen) atoms. The molecule has 0 aliphatic carbocycles. The number of carbonyl (C=O) groups is 1. The zero-order chi connectivity index (χ0) is 24.2. The van der Waals surface area contributed by atoms with Crippen LogP contribution < -0.4 is 9.47 Å². The van der Waals surface area contributed by atoms with Crippen molar-refractivity contribution < 1.29 is 23.9 Å². The van der Waals surface area contributed by atoms with Crippen molar-refractivity contribution in [3.8, 4) is 11.5 Å². The van der Waals surface area contributed by atoms with Gasteiger partial charge in [-0.1, -0.05) is 24.3 Å². The van der Waals surface area contributed by atoms with Gasteiger partial charge >= 0.3 is 5.97 Å². The average molecular weight is 570 g/mol. The fourth-order valence-corrected chi connectivity index (χ4v) is 4.08. The fraction of sp³-hybridized carbons (Fsp3) is 0.120. The molecule has 4 rings (SSSR count). The predicted molar refractivity (Wildman–Crippen MR) is 135 cm³/mol. The summed E-state index contributed by atoms with van der Waals surface area (Å²) < 4.78 is 17.7. The molecule has 0 radical (unpaired) electrons. The molecule has 3 aromatic rings. The van der Waals surface area contributed by atoms with Gasteiger partial charge < -0.3 is 14.2 Å². The lowest BCUT2D eigenvalue weighted by molar-refractivity contribution is -0.384. The Bertz CT molecular complexity index is 1330. The molecule has 0 aromatic heterocycles. The van der Waals surface area contributed by atoms with Crippen LogP contribution in [0.5, 0.6) is 11.5 Å². The number of nitro benzene ring substituents is 1. The number of nitro groups is 1. The van der Waals surface area contributed by atoms with E-state index >= 15 is 0 Å². The average Bonchev–Trinajstić information content (AvgIpc) is 3.19. The lowest BCUT2D eigenvalue weighted by Crippen LogP contribution is -2.05. The van der Waals surface area contributed by atoms with Crippen molar-refractivity contribution in [3.63, 3.8) is 0 Å². The first-order valence-electron chi connectivity index (χ1n) is 10.2. The standard InChI is InChI=1S/C25H19IN2O6/c1-15-5-3-4-6-18(15)14-33-23-20(26)11-16(13-22(23)32-2)12-21-25(29)34-24(27-21)17-7-9-19(10-8-17)28(30)31/h3-13H,14H2,1-2H3/b21-12-. The molecule has 1 heterocycles. The smallest absolute Gasteiger partial charge is 0.363 e. The van der Waals surface area contributed by atoms with E-state index < -0.39 is 10.9 Å². The number of aliphatic imine (C=N–C) groups is 1. The molecule has 0 unspecified atom stereocenters. The Balaban J connectivity index is 1.58. The third kappa shape index (κ3) is 5.09. The normalized spacial score (nSPS) is 14.0. The highest BCUT2D eigenvalue weighted by Gasteiger charge is 2.25. The maximum absolute atomic E-state index is 12.4. The number of methoxy groups -OCH3 is 1. The molecule has 1 aliphatic heterocycles. The van der Waals surface area contributed by atoms with Crippen LogP contribution in [0, 0.1) is 20.6 Å². The molecular weight excluding hydrogens is 551 g/mol. The number of carbonyl (C=O) groups excluding carboxylic acids is 1. The molecule has 1 aliphatic rings. The second-order valence-electron chi connectivity index (χ2n) is 7.39. The molecule has 0 saturated carbocycles. The molecular formula is C25H19IN2O6. The van der Waals surface area contributed by atoms with Gasteiger partial charge in [0.05, 0.1) is 15.6 Å². The number of hydrogen-bond donors (Lipinski definition) is 0. The Labute approximate surface area is 209 Å². The number of non-ortho nitro benzene ring substituents is 1. The van der Waals surface area contributed by atoms with E-state index in [1.165, 1.54) is 24.3 Å². The van der Waals surface area contributed by atoms with Gasteiger partial charge in [-0.15, -0.1) is 0 Å². The molecule has 0 fully saturated rings. The van der Waals surface area contributed by atoms with Crippen LogP contribution in [-0.2, 0) is 16.1 Å². The van der Waals surface area contributed by atoms with E-state index in [0.29, 0.717) is 29.2 Å².